The van der Waals surface area contributed by atoms with E-state index in [9.17, 15) is 18.5 Å². The second kappa shape index (κ2) is 9.77. The van der Waals surface area contributed by atoms with Crippen LogP contribution in [0, 0.1) is 11.3 Å². The summed E-state index contributed by atoms with van der Waals surface area (Å²) in [4.78, 5) is 13.1. The maximum Gasteiger partial charge on any atom is 0.252 e. The number of carbonyl (C=O) groups excluding carboxylic acids is 1. The minimum atomic E-state index is -3.55. The van der Waals surface area contributed by atoms with Gasteiger partial charge in [0.1, 0.15) is 0 Å². The first kappa shape index (κ1) is 23.2. The molecule has 0 saturated heterocycles. The van der Waals surface area contributed by atoms with E-state index in [4.69, 9.17) is 0 Å². The van der Waals surface area contributed by atoms with Crippen LogP contribution < -0.4 is 5.32 Å². The van der Waals surface area contributed by atoms with Gasteiger partial charge in [-0.05, 0) is 49.2 Å². The van der Waals surface area contributed by atoms with E-state index in [1.54, 1.807) is 55.6 Å². The average molecular weight is 448 g/mol. The first-order valence-electron chi connectivity index (χ1n) is 10.2. The van der Waals surface area contributed by atoms with Gasteiger partial charge in [-0.15, -0.1) is 0 Å². The molecule has 0 aromatic heterocycles. The molecule has 0 radical (unpaired) electrons. The molecule has 0 aliphatic carbocycles. The summed E-state index contributed by atoms with van der Waals surface area (Å²) in [5, 5.41) is 12.3. The lowest BCUT2D eigenvalue weighted by molar-refractivity contribution is 0.0951. The van der Waals surface area contributed by atoms with E-state index in [-0.39, 0.29) is 23.4 Å². The summed E-state index contributed by atoms with van der Waals surface area (Å²) in [6.07, 6.45) is 0. The predicted octanol–water partition coefficient (Wildman–Crippen LogP) is 4.18. The van der Waals surface area contributed by atoms with Crippen LogP contribution in [0.25, 0.3) is 11.1 Å². The van der Waals surface area contributed by atoms with Gasteiger partial charge in [0, 0.05) is 30.8 Å². The number of amides is 1. The Morgan fingerprint density at radius 1 is 0.969 bits per heavy atom. The maximum absolute atomic E-state index is 12.9. The summed E-state index contributed by atoms with van der Waals surface area (Å²) < 4.78 is 26.5. The molecule has 0 aliphatic rings. The van der Waals surface area contributed by atoms with Crippen molar-refractivity contribution in [2.75, 3.05) is 7.05 Å². The highest BCUT2D eigenvalue weighted by atomic mass is 32.2. The van der Waals surface area contributed by atoms with E-state index >= 15 is 0 Å². The minimum Gasteiger partial charge on any atom is -0.348 e. The van der Waals surface area contributed by atoms with E-state index in [0.717, 1.165) is 5.56 Å². The highest BCUT2D eigenvalue weighted by molar-refractivity contribution is 7.89. The van der Waals surface area contributed by atoms with Gasteiger partial charge >= 0.3 is 0 Å². The van der Waals surface area contributed by atoms with Crippen molar-refractivity contribution in [2.24, 2.45) is 0 Å². The smallest absolute Gasteiger partial charge is 0.252 e. The fourth-order valence-electron chi connectivity index (χ4n) is 3.23. The quantitative estimate of drug-likeness (QED) is 0.588. The van der Waals surface area contributed by atoms with Crippen molar-refractivity contribution in [1.29, 1.82) is 5.26 Å². The number of hydrogen-bond donors (Lipinski definition) is 1. The number of hydrogen-bond acceptors (Lipinski definition) is 4. The fraction of sp³-hybridized carbons (Fsp3) is 0.200. The van der Waals surface area contributed by atoms with Crippen LogP contribution >= 0.6 is 0 Å². The fourth-order valence-corrected chi connectivity index (χ4v) is 4.60. The number of rotatable bonds is 7. The Labute approximate surface area is 189 Å². The molecule has 3 aromatic carbocycles. The molecular formula is C25H25N3O3S. The third-order valence-corrected chi connectivity index (χ3v) is 7.34. The summed E-state index contributed by atoms with van der Waals surface area (Å²) in [7, 11) is -2.00. The zero-order valence-corrected chi connectivity index (χ0v) is 19.1. The molecule has 32 heavy (non-hydrogen) atoms. The first-order valence-corrected chi connectivity index (χ1v) is 11.6. The molecule has 0 unspecified atom stereocenters. The Balaban J connectivity index is 1.77. The summed E-state index contributed by atoms with van der Waals surface area (Å²) >= 11 is 0. The van der Waals surface area contributed by atoms with Crippen LogP contribution in [0.4, 0.5) is 0 Å². The molecule has 0 heterocycles. The van der Waals surface area contributed by atoms with Crippen molar-refractivity contribution >= 4 is 15.9 Å². The number of nitrogens with zero attached hydrogens (tertiary/aromatic N) is 2. The minimum absolute atomic E-state index is 0.148. The van der Waals surface area contributed by atoms with Crippen molar-refractivity contribution in [2.45, 2.75) is 31.3 Å². The normalized spacial score (nSPS) is 11.4. The first-order chi connectivity index (χ1) is 15.3. The highest BCUT2D eigenvalue weighted by Crippen LogP contribution is 2.27. The molecule has 6 nitrogen and oxygen atoms in total. The second-order valence-corrected chi connectivity index (χ2v) is 9.64. The number of nitriles is 1. The summed E-state index contributed by atoms with van der Waals surface area (Å²) in [6.45, 7) is 3.87. The van der Waals surface area contributed by atoms with Crippen molar-refractivity contribution < 1.29 is 13.2 Å². The molecule has 0 fully saturated rings. The second-order valence-electron chi connectivity index (χ2n) is 7.64. The Morgan fingerprint density at radius 2 is 1.56 bits per heavy atom. The number of sulfonamides is 1. The summed E-state index contributed by atoms with van der Waals surface area (Å²) in [5.41, 5.74) is 3.12. The van der Waals surface area contributed by atoms with Crippen LogP contribution in [0.1, 0.15) is 35.3 Å². The standard InChI is InChI=1S/C25H25N3O3S/c1-18(2)28(3)32(30,31)21-14-12-19(13-15-21)17-27-25(29)24-11-7-6-10-23(24)22-9-5-4-8-20(22)16-26/h4-15,18H,17H2,1-3H3,(H,27,29). The lowest BCUT2D eigenvalue weighted by atomic mass is 9.95. The van der Waals surface area contributed by atoms with Crippen LogP contribution in [-0.2, 0) is 16.6 Å². The summed E-state index contributed by atoms with van der Waals surface area (Å²) in [6, 6.07) is 22.8. The maximum atomic E-state index is 12.9. The van der Waals surface area contributed by atoms with Crippen LogP contribution in [0.2, 0.25) is 0 Å². The van der Waals surface area contributed by atoms with Gasteiger partial charge < -0.3 is 5.32 Å². The molecule has 0 saturated carbocycles. The molecule has 0 atom stereocenters. The Morgan fingerprint density at radius 3 is 2.19 bits per heavy atom. The lowest BCUT2D eigenvalue weighted by Crippen LogP contribution is -2.33. The molecule has 0 aliphatic heterocycles. The third kappa shape index (κ3) is 4.88. The molecule has 1 amide bonds. The largest absolute Gasteiger partial charge is 0.348 e. The van der Waals surface area contributed by atoms with Gasteiger partial charge in [-0.2, -0.15) is 9.57 Å². The van der Waals surface area contributed by atoms with Crippen LogP contribution in [0.5, 0.6) is 0 Å². The zero-order valence-electron chi connectivity index (χ0n) is 18.2. The van der Waals surface area contributed by atoms with Gasteiger partial charge in [-0.1, -0.05) is 48.5 Å². The molecule has 7 heteroatoms. The highest BCUT2D eigenvalue weighted by Gasteiger charge is 2.22. The molecule has 3 aromatic rings. The van der Waals surface area contributed by atoms with Crippen molar-refractivity contribution in [3.05, 3.63) is 89.5 Å². The van der Waals surface area contributed by atoms with E-state index in [2.05, 4.69) is 11.4 Å². The zero-order chi connectivity index (χ0) is 23.3. The van der Waals surface area contributed by atoms with E-state index < -0.39 is 10.0 Å². The van der Waals surface area contributed by atoms with Gasteiger partial charge in [0.2, 0.25) is 10.0 Å². The van der Waals surface area contributed by atoms with Gasteiger partial charge in [0.15, 0.2) is 0 Å². The molecular weight excluding hydrogens is 422 g/mol. The van der Waals surface area contributed by atoms with Crippen LogP contribution in [-0.4, -0.2) is 31.7 Å². The molecule has 164 valence electrons. The van der Waals surface area contributed by atoms with E-state index in [0.29, 0.717) is 22.3 Å². The van der Waals surface area contributed by atoms with Gasteiger partial charge in [-0.3, -0.25) is 4.79 Å². The summed E-state index contributed by atoms with van der Waals surface area (Å²) in [5.74, 6) is -0.274. The van der Waals surface area contributed by atoms with Crippen molar-refractivity contribution in [3.63, 3.8) is 0 Å². The monoisotopic (exact) mass is 447 g/mol. The lowest BCUT2D eigenvalue weighted by Gasteiger charge is -2.21. The Kier molecular flexibility index (Phi) is 7.08. The SMILES string of the molecule is CC(C)N(C)S(=O)(=O)c1ccc(CNC(=O)c2ccccc2-c2ccccc2C#N)cc1. The number of carbonyl (C=O) groups is 1. The Bertz CT molecular complexity index is 1260. The molecule has 3 rings (SSSR count). The van der Waals surface area contributed by atoms with Crippen LogP contribution in [0.3, 0.4) is 0 Å². The number of benzene rings is 3. The number of nitrogens with one attached hydrogen (secondary N) is 1. The average Bonchev–Trinajstić information content (AvgIpc) is 2.82. The molecule has 1 N–H and O–H groups in total. The third-order valence-electron chi connectivity index (χ3n) is 5.29. The van der Waals surface area contributed by atoms with E-state index in [1.807, 2.05) is 38.1 Å². The van der Waals surface area contributed by atoms with Crippen molar-refractivity contribution in [3.8, 4) is 17.2 Å². The van der Waals surface area contributed by atoms with Crippen molar-refractivity contribution in [1.82, 2.24) is 9.62 Å². The van der Waals surface area contributed by atoms with Crippen LogP contribution in [0.15, 0.2) is 77.7 Å². The van der Waals surface area contributed by atoms with Gasteiger partial charge in [-0.25, -0.2) is 8.42 Å². The van der Waals surface area contributed by atoms with Gasteiger partial charge in [0.25, 0.3) is 5.91 Å². The predicted molar refractivity (Wildman–Crippen MR) is 124 cm³/mol. The molecule has 0 spiro atoms. The van der Waals surface area contributed by atoms with Gasteiger partial charge in [0.05, 0.1) is 16.5 Å². The molecule has 0 bridgehead atoms. The Hall–Kier alpha value is -3.47. The van der Waals surface area contributed by atoms with E-state index in [1.165, 1.54) is 4.31 Å². The topological polar surface area (TPSA) is 90.3 Å².